The molecule has 0 saturated heterocycles. The van der Waals surface area contributed by atoms with Gasteiger partial charge in [0, 0.05) is 5.92 Å². The molecule has 0 saturated carbocycles. The molecule has 1 aromatic carbocycles. The summed E-state index contributed by atoms with van der Waals surface area (Å²) < 4.78 is 31.5. The molecule has 0 aliphatic rings. The number of methoxy groups -OCH3 is 1. The van der Waals surface area contributed by atoms with E-state index < -0.39 is 28.9 Å². The Morgan fingerprint density at radius 1 is 1.33 bits per heavy atom. The van der Waals surface area contributed by atoms with E-state index in [1.807, 2.05) is 0 Å². The zero-order valence-electron chi connectivity index (χ0n) is 8.80. The molecule has 2 nitrogen and oxygen atoms in total. The monoisotopic (exact) mass is 214 g/mol. The molecule has 1 rings (SSSR count). The van der Waals surface area contributed by atoms with E-state index in [-0.39, 0.29) is 5.75 Å². The zero-order valence-corrected chi connectivity index (χ0v) is 8.80. The van der Waals surface area contributed by atoms with Gasteiger partial charge in [-0.3, -0.25) is 4.79 Å². The van der Waals surface area contributed by atoms with E-state index in [9.17, 15) is 13.6 Å². The molecule has 0 amide bonds. The minimum Gasteiger partial charge on any atom is -0.494 e. The predicted molar refractivity (Wildman–Crippen MR) is 52.1 cm³/mol. The highest BCUT2D eigenvalue weighted by molar-refractivity contribution is 5.98. The first-order valence-corrected chi connectivity index (χ1v) is 4.55. The van der Waals surface area contributed by atoms with Crippen molar-refractivity contribution >= 4 is 5.78 Å². The minimum absolute atomic E-state index is 0.125. The van der Waals surface area contributed by atoms with Crippen LogP contribution in [0.25, 0.3) is 0 Å². The molecule has 0 aliphatic carbocycles. The highest BCUT2D eigenvalue weighted by Crippen LogP contribution is 2.24. The van der Waals surface area contributed by atoms with Gasteiger partial charge >= 0.3 is 0 Å². The molecule has 0 bridgehead atoms. The molecule has 0 spiro atoms. The van der Waals surface area contributed by atoms with Crippen LogP contribution in [0.5, 0.6) is 5.75 Å². The van der Waals surface area contributed by atoms with Crippen molar-refractivity contribution in [3.8, 4) is 5.75 Å². The number of Topliss-reactive ketones (excluding diaryl/α,β-unsaturated/α-hetero) is 1. The van der Waals surface area contributed by atoms with Crippen molar-refractivity contribution < 1.29 is 18.3 Å². The van der Waals surface area contributed by atoms with Crippen molar-refractivity contribution in [3.63, 3.8) is 0 Å². The van der Waals surface area contributed by atoms with Crippen molar-refractivity contribution in [2.45, 2.75) is 13.8 Å². The summed E-state index contributed by atoms with van der Waals surface area (Å²) in [6.45, 7) is 3.17. The topological polar surface area (TPSA) is 26.3 Å². The van der Waals surface area contributed by atoms with Crippen LogP contribution < -0.4 is 4.74 Å². The molecule has 0 aliphatic heterocycles. The van der Waals surface area contributed by atoms with Crippen LogP contribution in [-0.2, 0) is 0 Å². The average Bonchev–Trinajstić information content (AvgIpc) is 2.17. The molecule has 0 fully saturated rings. The van der Waals surface area contributed by atoms with Gasteiger partial charge in [-0.25, -0.2) is 8.78 Å². The number of hydrogen-bond acceptors (Lipinski definition) is 2. The van der Waals surface area contributed by atoms with E-state index >= 15 is 0 Å². The van der Waals surface area contributed by atoms with Crippen molar-refractivity contribution in [2.24, 2.45) is 5.92 Å². The highest BCUT2D eigenvalue weighted by Gasteiger charge is 2.22. The van der Waals surface area contributed by atoms with Gasteiger partial charge in [-0.15, -0.1) is 0 Å². The first kappa shape index (κ1) is 11.6. The lowest BCUT2D eigenvalue weighted by molar-refractivity contribution is 0.0930. The maximum atomic E-state index is 13.6. The molecule has 0 unspecified atom stereocenters. The van der Waals surface area contributed by atoms with Gasteiger partial charge in [-0.2, -0.15) is 0 Å². The number of ketones is 1. The quantitative estimate of drug-likeness (QED) is 0.723. The van der Waals surface area contributed by atoms with Crippen molar-refractivity contribution in [2.75, 3.05) is 7.11 Å². The Bertz CT molecular complexity index is 386. The Morgan fingerprint density at radius 2 is 1.93 bits per heavy atom. The lowest BCUT2D eigenvalue weighted by Crippen LogP contribution is -2.13. The summed E-state index contributed by atoms with van der Waals surface area (Å²) in [7, 11) is 1.26. The molecule has 15 heavy (non-hydrogen) atoms. The van der Waals surface area contributed by atoms with Crippen molar-refractivity contribution in [1.82, 2.24) is 0 Å². The molecular formula is C11H12F2O2. The lowest BCUT2D eigenvalue weighted by Gasteiger charge is -2.09. The van der Waals surface area contributed by atoms with Crippen LogP contribution in [0.2, 0.25) is 0 Å². The molecule has 0 atom stereocenters. The van der Waals surface area contributed by atoms with E-state index in [0.29, 0.717) is 0 Å². The van der Waals surface area contributed by atoms with Crippen LogP contribution in [0.4, 0.5) is 8.78 Å². The molecule has 0 radical (unpaired) electrons. The second kappa shape index (κ2) is 4.38. The first-order valence-electron chi connectivity index (χ1n) is 4.55. The maximum Gasteiger partial charge on any atom is 0.178 e. The predicted octanol–water partition coefficient (Wildman–Crippen LogP) is 2.81. The molecule has 1 aromatic rings. The average molecular weight is 214 g/mol. The normalized spacial score (nSPS) is 10.5. The number of rotatable bonds is 3. The fourth-order valence-electron chi connectivity index (χ4n) is 1.21. The minimum atomic E-state index is -0.934. The van der Waals surface area contributed by atoms with E-state index in [4.69, 9.17) is 0 Å². The van der Waals surface area contributed by atoms with Crippen LogP contribution in [0.3, 0.4) is 0 Å². The third-order valence-electron chi connectivity index (χ3n) is 2.05. The van der Waals surface area contributed by atoms with Gasteiger partial charge < -0.3 is 4.74 Å². The van der Waals surface area contributed by atoms with E-state index in [0.717, 1.165) is 12.1 Å². The smallest absolute Gasteiger partial charge is 0.178 e. The fraction of sp³-hybridized carbons (Fsp3) is 0.364. The molecule has 0 N–H and O–H groups in total. The largest absolute Gasteiger partial charge is 0.494 e. The summed E-state index contributed by atoms with van der Waals surface area (Å²) in [6.07, 6.45) is 0. The second-order valence-corrected chi connectivity index (χ2v) is 3.46. The summed E-state index contributed by atoms with van der Waals surface area (Å²) in [4.78, 5) is 11.5. The summed E-state index contributed by atoms with van der Waals surface area (Å²) in [6, 6.07) is 2.18. The number of carbonyl (C=O) groups excluding carboxylic acids is 1. The molecule has 4 heteroatoms. The number of benzene rings is 1. The van der Waals surface area contributed by atoms with Gasteiger partial charge in [-0.05, 0) is 12.1 Å². The number of carbonyl (C=O) groups is 1. The van der Waals surface area contributed by atoms with Gasteiger partial charge in [0.25, 0.3) is 0 Å². The van der Waals surface area contributed by atoms with Crippen LogP contribution in [0.1, 0.15) is 24.2 Å². The van der Waals surface area contributed by atoms with E-state index in [1.165, 1.54) is 7.11 Å². The van der Waals surface area contributed by atoms with Crippen LogP contribution in [0, 0.1) is 17.6 Å². The summed E-state index contributed by atoms with van der Waals surface area (Å²) in [5.41, 5.74) is -0.524. The van der Waals surface area contributed by atoms with E-state index in [1.54, 1.807) is 13.8 Å². The maximum absolute atomic E-state index is 13.6. The molecule has 0 aromatic heterocycles. The third kappa shape index (κ3) is 2.14. The Morgan fingerprint density at radius 3 is 2.40 bits per heavy atom. The Labute approximate surface area is 86.9 Å². The Balaban J connectivity index is 3.33. The van der Waals surface area contributed by atoms with Gasteiger partial charge in [0.05, 0.1) is 12.7 Å². The second-order valence-electron chi connectivity index (χ2n) is 3.46. The third-order valence-corrected chi connectivity index (χ3v) is 2.05. The van der Waals surface area contributed by atoms with Crippen molar-refractivity contribution in [1.29, 1.82) is 0 Å². The number of halogens is 2. The lowest BCUT2D eigenvalue weighted by atomic mass is 10.00. The first-order chi connectivity index (χ1) is 6.99. The van der Waals surface area contributed by atoms with Crippen LogP contribution in [0.15, 0.2) is 12.1 Å². The molecular weight excluding hydrogens is 202 g/mol. The van der Waals surface area contributed by atoms with Gasteiger partial charge in [0.1, 0.15) is 5.82 Å². The molecule has 0 heterocycles. The number of ether oxygens (including phenoxy) is 1. The fourth-order valence-corrected chi connectivity index (χ4v) is 1.21. The van der Waals surface area contributed by atoms with Gasteiger partial charge in [-0.1, -0.05) is 13.8 Å². The van der Waals surface area contributed by atoms with Crippen LogP contribution in [-0.4, -0.2) is 12.9 Å². The highest BCUT2D eigenvalue weighted by atomic mass is 19.1. The van der Waals surface area contributed by atoms with Gasteiger partial charge in [0.15, 0.2) is 17.3 Å². The number of hydrogen-bond donors (Lipinski definition) is 0. The summed E-state index contributed by atoms with van der Waals surface area (Å²) >= 11 is 0. The van der Waals surface area contributed by atoms with Crippen LogP contribution >= 0.6 is 0 Å². The van der Waals surface area contributed by atoms with Gasteiger partial charge in [0.2, 0.25) is 0 Å². The Kier molecular flexibility index (Phi) is 3.39. The standard InChI is InChI=1S/C11H12F2O2/c1-6(2)11(14)9-7(12)4-5-8(15-3)10(9)13/h4-6H,1-3H3. The zero-order chi connectivity index (χ0) is 11.6. The van der Waals surface area contributed by atoms with E-state index in [2.05, 4.69) is 4.74 Å². The Hall–Kier alpha value is -1.45. The molecule has 82 valence electrons. The summed E-state index contributed by atoms with van der Waals surface area (Å²) in [5.74, 6) is -2.94. The SMILES string of the molecule is COc1ccc(F)c(C(=O)C(C)C)c1F. The van der Waals surface area contributed by atoms with Crippen molar-refractivity contribution in [3.05, 3.63) is 29.3 Å². The summed E-state index contributed by atoms with van der Waals surface area (Å²) in [5, 5.41) is 0.